The second kappa shape index (κ2) is 8.41. The highest BCUT2D eigenvalue weighted by atomic mass is 16.6. The molecule has 1 fully saturated rings. The molecule has 0 saturated carbocycles. The van der Waals surface area contributed by atoms with E-state index in [4.69, 9.17) is 4.74 Å². The van der Waals surface area contributed by atoms with Crippen molar-refractivity contribution in [3.05, 3.63) is 30.3 Å². The second-order valence-corrected chi connectivity index (χ2v) is 6.14. The summed E-state index contributed by atoms with van der Waals surface area (Å²) in [5, 5.41) is 3.03. The van der Waals surface area contributed by atoms with Gasteiger partial charge in [0, 0.05) is 19.3 Å². The first-order valence-corrected chi connectivity index (χ1v) is 7.55. The fourth-order valence-corrected chi connectivity index (χ4v) is 2.09. The molecule has 5 nitrogen and oxygen atoms in total. The van der Waals surface area contributed by atoms with Gasteiger partial charge in [0.15, 0.2) is 0 Å². The summed E-state index contributed by atoms with van der Waals surface area (Å²) in [7, 11) is 1.91. The van der Waals surface area contributed by atoms with Gasteiger partial charge in [-0.2, -0.15) is 0 Å². The Morgan fingerprint density at radius 1 is 1.32 bits per heavy atom. The molecule has 1 heterocycles. The van der Waals surface area contributed by atoms with Crippen molar-refractivity contribution in [3.63, 3.8) is 0 Å². The SMILES string of the molecule is CC(C)(C)OC(=O)N1CCCC1C=O.CNc1ccccc1. The fraction of sp³-hybridized carbons (Fsp3) is 0.529. The zero-order valence-corrected chi connectivity index (χ0v) is 13.8. The molecule has 1 unspecified atom stereocenters. The van der Waals surface area contributed by atoms with Crippen LogP contribution in [0.25, 0.3) is 0 Å². The van der Waals surface area contributed by atoms with Gasteiger partial charge in [0.2, 0.25) is 0 Å². The fourth-order valence-electron chi connectivity index (χ4n) is 2.09. The maximum Gasteiger partial charge on any atom is 0.410 e. The van der Waals surface area contributed by atoms with Gasteiger partial charge in [-0.05, 0) is 45.7 Å². The van der Waals surface area contributed by atoms with Crippen LogP contribution < -0.4 is 5.32 Å². The van der Waals surface area contributed by atoms with E-state index in [-0.39, 0.29) is 12.1 Å². The van der Waals surface area contributed by atoms with E-state index >= 15 is 0 Å². The number of benzene rings is 1. The number of likely N-dealkylation sites (tertiary alicyclic amines) is 1. The number of rotatable bonds is 2. The average Bonchev–Trinajstić information content (AvgIpc) is 2.95. The highest BCUT2D eigenvalue weighted by Crippen LogP contribution is 2.19. The molecule has 0 radical (unpaired) electrons. The number of hydrogen-bond acceptors (Lipinski definition) is 4. The van der Waals surface area contributed by atoms with Crippen LogP contribution in [0.3, 0.4) is 0 Å². The van der Waals surface area contributed by atoms with Crippen molar-refractivity contribution in [2.75, 3.05) is 18.9 Å². The second-order valence-electron chi connectivity index (χ2n) is 6.14. The first kappa shape index (κ1) is 18.0. The molecular formula is C17H26N2O3. The number of nitrogens with zero attached hydrogens (tertiary/aromatic N) is 1. The Balaban J connectivity index is 0.000000255. The van der Waals surface area contributed by atoms with Gasteiger partial charge in [-0.25, -0.2) is 4.79 Å². The number of anilines is 1. The highest BCUT2D eigenvalue weighted by molar-refractivity contribution is 5.74. The third-order valence-corrected chi connectivity index (χ3v) is 3.15. The Labute approximate surface area is 132 Å². The van der Waals surface area contributed by atoms with Crippen molar-refractivity contribution in [1.82, 2.24) is 4.90 Å². The van der Waals surface area contributed by atoms with Crippen LogP contribution >= 0.6 is 0 Å². The van der Waals surface area contributed by atoms with Crippen molar-refractivity contribution in [2.45, 2.75) is 45.3 Å². The van der Waals surface area contributed by atoms with Crippen molar-refractivity contribution in [1.29, 1.82) is 0 Å². The van der Waals surface area contributed by atoms with Crippen LogP contribution in [0.4, 0.5) is 10.5 Å². The summed E-state index contributed by atoms with van der Waals surface area (Å²) >= 11 is 0. The van der Waals surface area contributed by atoms with Gasteiger partial charge in [-0.15, -0.1) is 0 Å². The van der Waals surface area contributed by atoms with Gasteiger partial charge >= 0.3 is 6.09 Å². The van der Waals surface area contributed by atoms with E-state index in [1.807, 2.05) is 58.2 Å². The number of para-hydroxylation sites is 1. The van der Waals surface area contributed by atoms with Gasteiger partial charge in [0.05, 0.1) is 6.04 Å². The van der Waals surface area contributed by atoms with E-state index in [2.05, 4.69) is 5.32 Å². The predicted octanol–water partition coefficient (Wildman–Crippen LogP) is 3.31. The lowest BCUT2D eigenvalue weighted by molar-refractivity contribution is -0.111. The Morgan fingerprint density at radius 3 is 2.41 bits per heavy atom. The summed E-state index contributed by atoms with van der Waals surface area (Å²) in [6, 6.07) is 9.78. The lowest BCUT2D eigenvalue weighted by Gasteiger charge is -2.26. The summed E-state index contributed by atoms with van der Waals surface area (Å²) in [4.78, 5) is 23.7. The molecule has 0 aromatic heterocycles. The summed E-state index contributed by atoms with van der Waals surface area (Å²) < 4.78 is 5.18. The van der Waals surface area contributed by atoms with E-state index in [9.17, 15) is 9.59 Å². The zero-order valence-electron chi connectivity index (χ0n) is 13.8. The molecule has 1 atom stereocenters. The molecule has 0 bridgehead atoms. The third kappa shape index (κ3) is 6.16. The summed E-state index contributed by atoms with van der Waals surface area (Å²) in [6.07, 6.45) is 2.06. The largest absolute Gasteiger partial charge is 0.444 e. The first-order chi connectivity index (χ1) is 10.4. The van der Waals surface area contributed by atoms with E-state index < -0.39 is 5.60 Å². The molecule has 1 aliphatic heterocycles. The van der Waals surface area contributed by atoms with Crippen LogP contribution in [0.15, 0.2) is 30.3 Å². The standard InChI is InChI=1S/C10H17NO3.C7H9N/c1-10(2,3)14-9(13)11-6-4-5-8(11)7-12;1-8-7-5-3-2-4-6-7/h7-8H,4-6H2,1-3H3;2-6,8H,1H3. The number of amides is 1. The number of aldehydes is 1. The minimum Gasteiger partial charge on any atom is -0.444 e. The molecule has 1 aromatic rings. The molecule has 1 aliphatic rings. The Bertz CT molecular complexity index is 469. The van der Waals surface area contributed by atoms with Gasteiger partial charge < -0.3 is 14.8 Å². The molecule has 1 amide bonds. The number of carbonyl (C=O) groups is 2. The monoisotopic (exact) mass is 306 g/mol. The molecule has 5 heteroatoms. The van der Waals surface area contributed by atoms with Crippen LogP contribution in [0.2, 0.25) is 0 Å². The number of carbonyl (C=O) groups excluding carboxylic acids is 2. The van der Waals surface area contributed by atoms with Gasteiger partial charge in [0.25, 0.3) is 0 Å². The van der Waals surface area contributed by atoms with E-state index in [1.165, 1.54) is 4.90 Å². The molecular weight excluding hydrogens is 280 g/mol. The lowest BCUT2D eigenvalue weighted by atomic mass is 10.2. The molecule has 1 aromatic carbocycles. The molecule has 0 aliphatic carbocycles. The minimum atomic E-state index is -0.493. The highest BCUT2D eigenvalue weighted by Gasteiger charge is 2.31. The maximum absolute atomic E-state index is 11.6. The van der Waals surface area contributed by atoms with Gasteiger partial charge in [0.1, 0.15) is 11.9 Å². The van der Waals surface area contributed by atoms with Crippen LogP contribution in [-0.2, 0) is 9.53 Å². The van der Waals surface area contributed by atoms with Gasteiger partial charge in [-0.1, -0.05) is 18.2 Å². The Morgan fingerprint density at radius 2 is 1.95 bits per heavy atom. The number of ether oxygens (including phenoxy) is 1. The molecule has 1 saturated heterocycles. The topological polar surface area (TPSA) is 58.6 Å². The first-order valence-electron chi connectivity index (χ1n) is 7.55. The predicted molar refractivity (Wildman–Crippen MR) is 88.0 cm³/mol. The van der Waals surface area contributed by atoms with Crippen molar-refractivity contribution in [2.24, 2.45) is 0 Å². The van der Waals surface area contributed by atoms with E-state index in [0.717, 1.165) is 24.8 Å². The smallest absolute Gasteiger partial charge is 0.410 e. The molecule has 22 heavy (non-hydrogen) atoms. The number of nitrogens with one attached hydrogen (secondary N) is 1. The van der Waals surface area contributed by atoms with Crippen molar-refractivity contribution < 1.29 is 14.3 Å². The Hall–Kier alpha value is -2.04. The maximum atomic E-state index is 11.6. The molecule has 2 rings (SSSR count). The number of hydrogen-bond donors (Lipinski definition) is 1. The normalized spacial score (nSPS) is 17.3. The summed E-state index contributed by atoms with van der Waals surface area (Å²) in [5.74, 6) is 0. The van der Waals surface area contributed by atoms with Gasteiger partial charge in [-0.3, -0.25) is 4.90 Å². The summed E-state index contributed by atoms with van der Waals surface area (Å²) in [6.45, 7) is 6.07. The quantitative estimate of drug-likeness (QED) is 0.852. The molecule has 0 spiro atoms. The summed E-state index contributed by atoms with van der Waals surface area (Å²) in [5.41, 5.74) is 0.667. The van der Waals surface area contributed by atoms with E-state index in [0.29, 0.717) is 6.54 Å². The Kier molecular flexibility index (Phi) is 6.89. The van der Waals surface area contributed by atoms with Crippen LogP contribution in [0.1, 0.15) is 33.6 Å². The lowest BCUT2D eigenvalue weighted by Crippen LogP contribution is -2.40. The van der Waals surface area contributed by atoms with Crippen LogP contribution in [-0.4, -0.2) is 42.5 Å². The molecule has 1 N–H and O–H groups in total. The van der Waals surface area contributed by atoms with Crippen LogP contribution in [0, 0.1) is 0 Å². The zero-order chi connectivity index (χ0) is 16.6. The average molecular weight is 306 g/mol. The van der Waals surface area contributed by atoms with Crippen molar-refractivity contribution in [3.8, 4) is 0 Å². The molecule has 122 valence electrons. The van der Waals surface area contributed by atoms with Crippen molar-refractivity contribution >= 4 is 18.1 Å². The van der Waals surface area contributed by atoms with Crippen LogP contribution in [0.5, 0.6) is 0 Å². The van der Waals surface area contributed by atoms with E-state index in [1.54, 1.807) is 0 Å². The minimum absolute atomic E-state index is 0.287. The third-order valence-electron chi connectivity index (χ3n) is 3.15.